The van der Waals surface area contributed by atoms with Crippen molar-refractivity contribution in [3.8, 4) is 0 Å². The molecule has 78 valence electrons. The van der Waals surface area contributed by atoms with Crippen molar-refractivity contribution in [1.29, 1.82) is 0 Å². The molecule has 0 aliphatic heterocycles. The molecule has 1 fully saturated rings. The first kappa shape index (κ1) is 9.97. The molecule has 2 rings (SSSR count). The quantitative estimate of drug-likeness (QED) is 0.741. The molecule has 3 heteroatoms. The van der Waals surface area contributed by atoms with E-state index in [-0.39, 0.29) is 0 Å². The van der Waals surface area contributed by atoms with E-state index in [4.69, 9.17) is 12.2 Å². The lowest BCUT2D eigenvalue weighted by molar-refractivity contribution is 0.395. The molecular formula is C11H18N2S. The number of aromatic nitrogens is 2. The molecule has 14 heavy (non-hydrogen) atoms. The minimum absolute atomic E-state index is 0.642. The molecule has 0 aromatic carbocycles. The molecule has 1 N–H and O–H groups in total. The number of aromatic amines is 1. The van der Waals surface area contributed by atoms with Crippen LogP contribution in [-0.2, 0) is 6.42 Å². The van der Waals surface area contributed by atoms with Gasteiger partial charge in [0.1, 0.15) is 0 Å². The second-order valence-corrected chi connectivity index (χ2v) is 4.67. The van der Waals surface area contributed by atoms with Crippen LogP contribution in [0.5, 0.6) is 0 Å². The molecule has 0 spiro atoms. The molecule has 1 saturated carbocycles. The Kier molecular flexibility index (Phi) is 2.77. The highest BCUT2D eigenvalue weighted by Gasteiger charge is 2.26. The van der Waals surface area contributed by atoms with Crippen LogP contribution in [0.15, 0.2) is 6.20 Å². The Balaban J connectivity index is 2.38. The molecule has 2 atom stereocenters. The van der Waals surface area contributed by atoms with E-state index in [1.54, 1.807) is 0 Å². The Morgan fingerprint density at radius 2 is 2.36 bits per heavy atom. The van der Waals surface area contributed by atoms with E-state index in [2.05, 4.69) is 29.6 Å². The molecule has 0 radical (unpaired) electrons. The molecule has 2 nitrogen and oxygen atoms in total. The summed E-state index contributed by atoms with van der Waals surface area (Å²) in [7, 11) is 0. The Labute approximate surface area is 90.3 Å². The van der Waals surface area contributed by atoms with Crippen molar-refractivity contribution in [2.45, 2.75) is 45.6 Å². The number of rotatable bonds is 2. The van der Waals surface area contributed by atoms with Gasteiger partial charge in [-0.1, -0.05) is 20.3 Å². The van der Waals surface area contributed by atoms with Crippen LogP contribution >= 0.6 is 12.2 Å². The smallest absolute Gasteiger partial charge is 0.177 e. The summed E-state index contributed by atoms with van der Waals surface area (Å²) in [5.74, 6) is 0.780. The van der Waals surface area contributed by atoms with Crippen molar-refractivity contribution in [1.82, 2.24) is 9.55 Å². The molecule has 0 bridgehead atoms. The normalized spacial score (nSPS) is 27.0. The lowest BCUT2D eigenvalue weighted by atomic mass is 10.1. The number of H-pyrrole nitrogens is 1. The molecule has 0 amide bonds. The molecular weight excluding hydrogens is 192 g/mol. The van der Waals surface area contributed by atoms with E-state index >= 15 is 0 Å². The minimum atomic E-state index is 0.642. The zero-order valence-corrected chi connectivity index (χ0v) is 9.73. The summed E-state index contributed by atoms with van der Waals surface area (Å²) >= 11 is 5.34. The first-order valence-corrected chi connectivity index (χ1v) is 5.93. The van der Waals surface area contributed by atoms with E-state index in [0.717, 1.165) is 17.1 Å². The number of imidazole rings is 1. The van der Waals surface area contributed by atoms with E-state index in [1.165, 1.54) is 25.0 Å². The van der Waals surface area contributed by atoms with Gasteiger partial charge in [0.15, 0.2) is 4.77 Å². The second kappa shape index (κ2) is 3.89. The van der Waals surface area contributed by atoms with Crippen molar-refractivity contribution in [2.24, 2.45) is 5.92 Å². The van der Waals surface area contributed by atoms with Gasteiger partial charge in [0.05, 0.1) is 0 Å². The molecule has 1 aliphatic carbocycles. The predicted molar refractivity (Wildman–Crippen MR) is 61.0 cm³/mol. The van der Waals surface area contributed by atoms with Gasteiger partial charge < -0.3 is 9.55 Å². The third-order valence-electron chi connectivity index (χ3n) is 3.40. The van der Waals surface area contributed by atoms with Gasteiger partial charge in [0.2, 0.25) is 0 Å². The van der Waals surface area contributed by atoms with E-state index < -0.39 is 0 Å². The zero-order chi connectivity index (χ0) is 10.1. The first-order chi connectivity index (χ1) is 6.74. The van der Waals surface area contributed by atoms with Gasteiger partial charge in [-0.15, -0.1) is 0 Å². The highest BCUT2D eigenvalue weighted by atomic mass is 32.1. The topological polar surface area (TPSA) is 20.7 Å². The summed E-state index contributed by atoms with van der Waals surface area (Å²) in [5.41, 5.74) is 1.36. The standard InChI is InChI=1S/C11H18N2S/c1-3-9-7-12-11(14)13(9)10-6-4-5-8(10)2/h7-8,10H,3-6H2,1-2H3,(H,12,14). The van der Waals surface area contributed by atoms with Gasteiger partial charge in [-0.05, 0) is 37.4 Å². The third kappa shape index (κ3) is 1.54. The summed E-state index contributed by atoms with van der Waals surface area (Å²) in [4.78, 5) is 3.16. The van der Waals surface area contributed by atoms with Crippen LogP contribution in [0.3, 0.4) is 0 Å². The Morgan fingerprint density at radius 3 is 2.93 bits per heavy atom. The van der Waals surface area contributed by atoms with Crippen molar-refractivity contribution in [3.63, 3.8) is 0 Å². The second-order valence-electron chi connectivity index (χ2n) is 4.28. The van der Waals surface area contributed by atoms with Crippen LogP contribution in [0.2, 0.25) is 0 Å². The van der Waals surface area contributed by atoms with Crippen molar-refractivity contribution >= 4 is 12.2 Å². The van der Waals surface area contributed by atoms with Crippen LogP contribution < -0.4 is 0 Å². The SMILES string of the molecule is CCc1c[nH]c(=S)n1C1CCCC1C. The largest absolute Gasteiger partial charge is 0.337 e. The summed E-state index contributed by atoms with van der Waals surface area (Å²) in [6.45, 7) is 4.53. The average molecular weight is 210 g/mol. The molecule has 1 aliphatic rings. The van der Waals surface area contributed by atoms with Crippen LogP contribution in [0, 0.1) is 10.7 Å². The summed E-state index contributed by atoms with van der Waals surface area (Å²) in [6, 6.07) is 0.642. The number of nitrogens with zero attached hydrogens (tertiary/aromatic N) is 1. The van der Waals surface area contributed by atoms with Gasteiger partial charge in [-0.2, -0.15) is 0 Å². The molecule has 1 aromatic rings. The molecule has 1 aromatic heterocycles. The van der Waals surface area contributed by atoms with Crippen LogP contribution in [-0.4, -0.2) is 9.55 Å². The number of aryl methyl sites for hydroxylation is 1. The number of hydrogen-bond acceptors (Lipinski definition) is 1. The fourth-order valence-corrected chi connectivity index (χ4v) is 2.87. The lowest BCUT2D eigenvalue weighted by Crippen LogP contribution is -2.14. The van der Waals surface area contributed by atoms with Crippen LogP contribution in [0.4, 0.5) is 0 Å². The van der Waals surface area contributed by atoms with E-state index in [0.29, 0.717) is 6.04 Å². The summed E-state index contributed by atoms with van der Waals surface area (Å²) < 4.78 is 3.24. The first-order valence-electron chi connectivity index (χ1n) is 5.52. The minimum Gasteiger partial charge on any atom is -0.337 e. The van der Waals surface area contributed by atoms with Crippen molar-refractivity contribution < 1.29 is 0 Å². The fraction of sp³-hybridized carbons (Fsp3) is 0.727. The fourth-order valence-electron chi connectivity index (χ4n) is 2.56. The maximum atomic E-state index is 5.34. The monoisotopic (exact) mass is 210 g/mol. The van der Waals surface area contributed by atoms with Crippen molar-refractivity contribution in [2.75, 3.05) is 0 Å². The van der Waals surface area contributed by atoms with Gasteiger partial charge in [0, 0.05) is 17.9 Å². The van der Waals surface area contributed by atoms with Gasteiger partial charge in [-0.3, -0.25) is 0 Å². The van der Waals surface area contributed by atoms with Gasteiger partial charge >= 0.3 is 0 Å². The molecule has 2 unspecified atom stereocenters. The maximum absolute atomic E-state index is 5.34. The Morgan fingerprint density at radius 1 is 1.57 bits per heavy atom. The number of nitrogens with one attached hydrogen (secondary N) is 1. The summed E-state index contributed by atoms with van der Waals surface area (Å²) in [5, 5.41) is 0. The van der Waals surface area contributed by atoms with Crippen molar-refractivity contribution in [3.05, 3.63) is 16.7 Å². The third-order valence-corrected chi connectivity index (χ3v) is 3.72. The van der Waals surface area contributed by atoms with Crippen LogP contribution in [0.25, 0.3) is 0 Å². The number of hydrogen-bond donors (Lipinski definition) is 1. The average Bonchev–Trinajstić information content (AvgIpc) is 2.72. The van der Waals surface area contributed by atoms with Gasteiger partial charge in [-0.25, -0.2) is 0 Å². The predicted octanol–water partition coefficient (Wildman–Crippen LogP) is 3.47. The lowest BCUT2D eigenvalue weighted by Gasteiger charge is -2.19. The Hall–Kier alpha value is -0.570. The highest BCUT2D eigenvalue weighted by Crippen LogP contribution is 2.36. The highest BCUT2D eigenvalue weighted by molar-refractivity contribution is 7.71. The maximum Gasteiger partial charge on any atom is 0.177 e. The van der Waals surface area contributed by atoms with Crippen LogP contribution in [0.1, 0.15) is 44.8 Å². The zero-order valence-electron chi connectivity index (χ0n) is 8.92. The van der Waals surface area contributed by atoms with Gasteiger partial charge in [0.25, 0.3) is 0 Å². The summed E-state index contributed by atoms with van der Waals surface area (Å²) in [6.07, 6.45) is 7.12. The molecule has 0 saturated heterocycles. The van der Waals surface area contributed by atoms with E-state index in [1.807, 2.05) is 0 Å². The Bertz CT molecular complexity index is 364. The molecule has 1 heterocycles. The van der Waals surface area contributed by atoms with E-state index in [9.17, 15) is 0 Å².